The van der Waals surface area contributed by atoms with Gasteiger partial charge in [0, 0.05) is 47.5 Å². The van der Waals surface area contributed by atoms with E-state index in [9.17, 15) is 0 Å². The maximum atomic E-state index is 5.75. The minimum Gasteiger partial charge on any atom is -0.361 e. The van der Waals surface area contributed by atoms with Gasteiger partial charge in [0.2, 0.25) is 0 Å². The number of aromatic nitrogens is 4. The smallest absolute Gasteiger partial charge is 0.143 e. The van der Waals surface area contributed by atoms with Crippen LogP contribution in [0, 0.1) is 5.92 Å². The molecule has 5 heteroatoms. The summed E-state index contributed by atoms with van der Waals surface area (Å²) in [5.41, 5.74) is 9.76. The summed E-state index contributed by atoms with van der Waals surface area (Å²) in [5, 5.41) is 9.48. The minimum absolute atomic E-state index is 0.195. The van der Waals surface area contributed by atoms with Crippen molar-refractivity contribution in [3.05, 3.63) is 113 Å². The van der Waals surface area contributed by atoms with Crippen LogP contribution < -0.4 is 0 Å². The van der Waals surface area contributed by atoms with Crippen molar-refractivity contribution in [2.45, 2.75) is 37.5 Å². The molecule has 0 fully saturated rings. The Balaban J connectivity index is 1.40. The molecule has 0 spiro atoms. The highest BCUT2D eigenvalue weighted by Gasteiger charge is 2.54. The lowest BCUT2D eigenvalue weighted by Gasteiger charge is -2.48. The molecule has 36 heavy (non-hydrogen) atoms. The van der Waals surface area contributed by atoms with E-state index in [0.29, 0.717) is 5.92 Å². The molecule has 3 heterocycles. The van der Waals surface area contributed by atoms with Gasteiger partial charge < -0.3 is 4.52 Å². The third kappa shape index (κ3) is 2.98. The van der Waals surface area contributed by atoms with Gasteiger partial charge in [-0.25, -0.2) is 0 Å². The first kappa shape index (κ1) is 21.3. The zero-order valence-corrected chi connectivity index (χ0v) is 20.6. The first-order valence-electron chi connectivity index (χ1n) is 12.7. The van der Waals surface area contributed by atoms with E-state index in [1.807, 2.05) is 30.7 Å². The average molecular weight is 473 g/mol. The van der Waals surface area contributed by atoms with E-state index in [0.717, 1.165) is 25.0 Å². The van der Waals surface area contributed by atoms with Crippen LogP contribution in [0.3, 0.4) is 0 Å². The van der Waals surface area contributed by atoms with Crippen molar-refractivity contribution in [2.75, 3.05) is 0 Å². The third-order valence-electron chi connectivity index (χ3n) is 8.53. The second kappa shape index (κ2) is 8.02. The van der Waals surface area contributed by atoms with E-state index in [1.54, 1.807) is 0 Å². The minimum atomic E-state index is -0.195. The van der Waals surface area contributed by atoms with E-state index in [1.165, 1.54) is 44.8 Å². The molecule has 7 rings (SSSR count). The number of hydrogen-bond donors (Lipinski definition) is 0. The van der Waals surface area contributed by atoms with Crippen LogP contribution in [0.4, 0.5) is 0 Å². The SMILES string of the molecule is C[C@@H]1c2oncc2C[C@]2(c3ccccc3)c3nn(C)c(-c4ccc(-c5ccncc5)cc4)c3CC[C@@H]12. The lowest BCUT2D eigenvalue weighted by molar-refractivity contribution is 0.189. The number of hydrogen-bond acceptors (Lipinski definition) is 4. The van der Waals surface area contributed by atoms with Crippen LogP contribution in [0.15, 0.2) is 89.8 Å². The summed E-state index contributed by atoms with van der Waals surface area (Å²) >= 11 is 0. The van der Waals surface area contributed by atoms with Gasteiger partial charge in [0.1, 0.15) is 5.76 Å². The summed E-state index contributed by atoms with van der Waals surface area (Å²) in [7, 11) is 2.09. The van der Waals surface area contributed by atoms with Crippen LogP contribution in [0.5, 0.6) is 0 Å². The van der Waals surface area contributed by atoms with Crippen LogP contribution in [0.1, 0.15) is 47.4 Å². The van der Waals surface area contributed by atoms with Crippen molar-refractivity contribution in [1.82, 2.24) is 19.9 Å². The number of pyridine rings is 1. The Hall–Kier alpha value is -3.99. The summed E-state index contributed by atoms with van der Waals surface area (Å²) in [4.78, 5) is 4.15. The summed E-state index contributed by atoms with van der Waals surface area (Å²) in [5.74, 6) is 1.75. The molecule has 0 saturated heterocycles. The molecule has 5 nitrogen and oxygen atoms in total. The summed E-state index contributed by atoms with van der Waals surface area (Å²) in [6.45, 7) is 2.30. The molecule has 0 N–H and O–H groups in total. The monoisotopic (exact) mass is 472 g/mol. The van der Waals surface area contributed by atoms with Gasteiger partial charge in [-0.3, -0.25) is 9.67 Å². The highest BCUT2D eigenvalue weighted by atomic mass is 16.5. The fraction of sp³-hybridized carbons (Fsp3) is 0.258. The first-order valence-corrected chi connectivity index (χ1v) is 12.7. The Morgan fingerprint density at radius 3 is 2.42 bits per heavy atom. The fourth-order valence-electron chi connectivity index (χ4n) is 6.95. The normalized spacial score (nSPS) is 22.5. The Kier molecular flexibility index (Phi) is 4.75. The second-order valence-corrected chi connectivity index (χ2v) is 10.3. The molecular formula is C31H28N4O. The number of benzene rings is 2. The molecule has 3 atom stereocenters. The summed E-state index contributed by atoms with van der Waals surface area (Å²) in [6.07, 6.45) is 8.57. The van der Waals surface area contributed by atoms with Crippen molar-refractivity contribution in [2.24, 2.45) is 13.0 Å². The van der Waals surface area contributed by atoms with Crippen molar-refractivity contribution >= 4 is 0 Å². The van der Waals surface area contributed by atoms with Crippen molar-refractivity contribution in [1.29, 1.82) is 0 Å². The highest BCUT2D eigenvalue weighted by molar-refractivity contribution is 5.72. The molecule has 178 valence electrons. The lowest BCUT2D eigenvalue weighted by atomic mass is 9.53. The second-order valence-electron chi connectivity index (χ2n) is 10.3. The Labute approximate surface area is 210 Å². The van der Waals surface area contributed by atoms with Crippen LogP contribution in [0.25, 0.3) is 22.4 Å². The van der Waals surface area contributed by atoms with Crippen LogP contribution >= 0.6 is 0 Å². The number of fused-ring (bicyclic) bond motifs is 4. The number of nitrogens with zero attached hydrogens (tertiary/aromatic N) is 4. The zero-order chi connectivity index (χ0) is 24.3. The van der Waals surface area contributed by atoms with E-state index in [-0.39, 0.29) is 11.3 Å². The molecular weight excluding hydrogens is 444 g/mol. The predicted octanol–water partition coefficient (Wildman–Crippen LogP) is 6.35. The fourth-order valence-corrected chi connectivity index (χ4v) is 6.95. The van der Waals surface area contributed by atoms with Gasteiger partial charge in [-0.2, -0.15) is 5.10 Å². The Bertz CT molecular complexity index is 1540. The van der Waals surface area contributed by atoms with Gasteiger partial charge in [-0.15, -0.1) is 0 Å². The summed E-state index contributed by atoms with van der Waals surface area (Å²) < 4.78 is 7.86. The highest BCUT2D eigenvalue weighted by Crippen LogP contribution is 2.57. The Morgan fingerprint density at radius 2 is 1.64 bits per heavy atom. The lowest BCUT2D eigenvalue weighted by Crippen LogP contribution is -2.47. The molecule has 0 amide bonds. The first-order chi connectivity index (χ1) is 17.7. The molecule has 3 aromatic heterocycles. The van der Waals surface area contributed by atoms with Crippen molar-refractivity contribution in [3.63, 3.8) is 0 Å². The third-order valence-corrected chi connectivity index (χ3v) is 8.53. The van der Waals surface area contributed by atoms with Gasteiger partial charge >= 0.3 is 0 Å². The van der Waals surface area contributed by atoms with Crippen LogP contribution in [-0.2, 0) is 25.3 Å². The maximum absolute atomic E-state index is 5.75. The maximum Gasteiger partial charge on any atom is 0.143 e. The van der Waals surface area contributed by atoms with Crippen molar-refractivity contribution in [3.8, 4) is 22.4 Å². The molecule has 0 saturated carbocycles. The number of aryl methyl sites for hydroxylation is 1. The van der Waals surface area contributed by atoms with E-state index < -0.39 is 0 Å². The van der Waals surface area contributed by atoms with Gasteiger partial charge in [-0.05, 0) is 54.0 Å². The van der Waals surface area contributed by atoms with E-state index >= 15 is 0 Å². The van der Waals surface area contributed by atoms with Gasteiger partial charge in [-0.1, -0.05) is 66.7 Å². The number of rotatable bonds is 3. The molecule has 2 aromatic carbocycles. The van der Waals surface area contributed by atoms with Gasteiger partial charge in [0.15, 0.2) is 0 Å². The van der Waals surface area contributed by atoms with Gasteiger partial charge in [0.05, 0.1) is 17.6 Å². The molecule has 2 aliphatic carbocycles. The topological polar surface area (TPSA) is 56.7 Å². The molecule has 5 aromatic rings. The van der Waals surface area contributed by atoms with Gasteiger partial charge in [0.25, 0.3) is 0 Å². The molecule has 2 aliphatic rings. The average Bonchev–Trinajstić information content (AvgIpc) is 3.54. The van der Waals surface area contributed by atoms with Crippen LogP contribution in [0.2, 0.25) is 0 Å². The van der Waals surface area contributed by atoms with E-state index in [4.69, 9.17) is 9.62 Å². The Morgan fingerprint density at radius 1 is 0.917 bits per heavy atom. The largest absolute Gasteiger partial charge is 0.361 e. The van der Waals surface area contributed by atoms with Crippen LogP contribution in [-0.4, -0.2) is 19.9 Å². The molecule has 0 unspecified atom stereocenters. The standard InChI is InChI=1S/C31H28N4O/c1-20-27-13-12-26-28(23-10-8-21(9-11-23)22-14-16-32-17-15-22)35(2)34-30(26)31(27,25-6-4-3-5-7-25)18-24-19-33-36-29(20)24/h3-11,14-17,19-20,27H,12-13,18H2,1-2H3/t20-,27-,31+/m0/s1. The zero-order valence-electron chi connectivity index (χ0n) is 20.6. The van der Waals surface area contributed by atoms with Crippen molar-refractivity contribution < 1.29 is 4.52 Å². The summed E-state index contributed by atoms with van der Waals surface area (Å²) in [6, 6.07) is 24.0. The predicted molar refractivity (Wildman–Crippen MR) is 140 cm³/mol. The molecule has 0 aliphatic heterocycles. The quantitative estimate of drug-likeness (QED) is 0.307. The van der Waals surface area contributed by atoms with E-state index in [2.05, 4.69) is 83.4 Å². The molecule has 0 radical (unpaired) electrons. The molecule has 0 bridgehead atoms.